The first kappa shape index (κ1) is 15.0. The molecule has 1 aliphatic heterocycles. The summed E-state index contributed by atoms with van der Waals surface area (Å²) in [6.07, 6.45) is 1.02. The Bertz CT molecular complexity index is 435. The van der Waals surface area contributed by atoms with Gasteiger partial charge in [0.05, 0.1) is 6.54 Å². The third kappa shape index (κ3) is 3.58. The molecule has 0 bridgehead atoms. The molecule has 2 N–H and O–H groups in total. The van der Waals surface area contributed by atoms with Gasteiger partial charge in [-0.3, -0.25) is 9.69 Å². The third-order valence-electron chi connectivity index (χ3n) is 4.26. The maximum Gasteiger partial charge on any atom is 0.236 e. The fourth-order valence-electron chi connectivity index (χ4n) is 3.11. The molecule has 1 fully saturated rings. The minimum atomic E-state index is 0.0401. The van der Waals surface area contributed by atoms with E-state index in [2.05, 4.69) is 36.1 Å². The van der Waals surface area contributed by atoms with Crippen molar-refractivity contribution in [1.82, 2.24) is 9.80 Å². The van der Waals surface area contributed by atoms with E-state index in [-0.39, 0.29) is 12.5 Å². The Labute approximate surface area is 121 Å². The minimum absolute atomic E-state index is 0.0401. The summed E-state index contributed by atoms with van der Waals surface area (Å²) in [4.78, 5) is 16.0. The van der Waals surface area contributed by atoms with Crippen LogP contribution in [-0.2, 0) is 11.3 Å². The van der Waals surface area contributed by atoms with Gasteiger partial charge in [-0.1, -0.05) is 37.3 Å². The van der Waals surface area contributed by atoms with Crippen molar-refractivity contribution in [3.63, 3.8) is 0 Å². The zero-order valence-electron chi connectivity index (χ0n) is 12.5. The van der Waals surface area contributed by atoms with Crippen molar-refractivity contribution in [2.45, 2.75) is 25.9 Å². The molecule has 1 aliphatic rings. The number of carbonyl (C=O) groups excluding carboxylic acids is 1. The van der Waals surface area contributed by atoms with Crippen molar-refractivity contribution in [2.24, 2.45) is 11.7 Å². The highest BCUT2D eigenvalue weighted by Crippen LogP contribution is 2.22. The molecule has 1 aromatic rings. The lowest BCUT2D eigenvalue weighted by atomic mass is 9.92. The number of likely N-dealkylation sites (N-methyl/N-ethyl adjacent to an activating group) is 1. The number of nitrogens with two attached hydrogens (primary N) is 1. The van der Waals surface area contributed by atoms with Crippen molar-refractivity contribution in [1.29, 1.82) is 0 Å². The van der Waals surface area contributed by atoms with E-state index in [0.717, 1.165) is 26.1 Å². The highest BCUT2D eigenvalue weighted by molar-refractivity contribution is 5.78. The number of hydrogen-bond donors (Lipinski definition) is 1. The summed E-state index contributed by atoms with van der Waals surface area (Å²) in [7, 11) is 1.88. The van der Waals surface area contributed by atoms with E-state index in [4.69, 9.17) is 5.73 Å². The van der Waals surface area contributed by atoms with E-state index < -0.39 is 0 Å². The number of rotatable bonds is 4. The Hall–Kier alpha value is -1.39. The molecule has 1 amide bonds. The van der Waals surface area contributed by atoms with E-state index in [1.54, 1.807) is 0 Å². The predicted molar refractivity (Wildman–Crippen MR) is 81.1 cm³/mol. The molecule has 0 aliphatic carbocycles. The van der Waals surface area contributed by atoms with E-state index in [1.807, 2.05) is 18.0 Å². The van der Waals surface area contributed by atoms with Crippen LogP contribution in [0.2, 0.25) is 0 Å². The Morgan fingerprint density at radius 3 is 2.70 bits per heavy atom. The number of likely N-dealkylation sites (tertiary alicyclic amines) is 1. The number of amides is 1. The first-order valence-corrected chi connectivity index (χ1v) is 7.34. The summed E-state index contributed by atoms with van der Waals surface area (Å²) in [6.45, 7) is 5.38. The van der Waals surface area contributed by atoms with Crippen LogP contribution in [0.15, 0.2) is 30.3 Å². The maximum absolute atomic E-state index is 11.7. The van der Waals surface area contributed by atoms with Crippen LogP contribution in [0, 0.1) is 5.92 Å². The molecule has 1 aromatic carbocycles. The number of nitrogens with zero attached hydrogens (tertiary/aromatic N) is 2. The molecule has 110 valence electrons. The van der Waals surface area contributed by atoms with Gasteiger partial charge in [0.25, 0.3) is 0 Å². The first-order valence-electron chi connectivity index (χ1n) is 7.34. The van der Waals surface area contributed by atoms with Crippen LogP contribution in [0.25, 0.3) is 0 Å². The smallest absolute Gasteiger partial charge is 0.236 e. The zero-order valence-corrected chi connectivity index (χ0v) is 12.5. The van der Waals surface area contributed by atoms with Gasteiger partial charge in [0.2, 0.25) is 5.91 Å². The lowest BCUT2D eigenvalue weighted by molar-refractivity contribution is -0.132. The molecular weight excluding hydrogens is 250 g/mol. The normalized spacial score (nSPS) is 23.6. The van der Waals surface area contributed by atoms with E-state index >= 15 is 0 Å². The predicted octanol–water partition coefficient (Wildman–Crippen LogP) is 1.31. The molecule has 0 saturated carbocycles. The average Bonchev–Trinajstić information content (AvgIpc) is 2.47. The molecule has 1 heterocycles. The molecule has 2 atom stereocenters. The van der Waals surface area contributed by atoms with E-state index in [9.17, 15) is 4.79 Å². The van der Waals surface area contributed by atoms with Gasteiger partial charge >= 0.3 is 0 Å². The number of hydrogen-bond acceptors (Lipinski definition) is 3. The molecule has 0 unspecified atom stereocenters. The van der Waals surface area contributed by atoms with Crippen molar-refractivity contribution in [3.05, 3.63) is 35.9 Å². The summed E-state index contributed by atoms with van der Waals surface area (Å²) >= 11 is 0. The van der Waals surface area contributed by atoms with E-state index in [0.29, 0.717) is 12.0 Å². The second kappa shape index (κ2) is 6.86. The maximum atomic E-state index is 11.7. The van der Waals surface area contributed by atoms with Crippen LogP contribution in [-0.4, -0.2) is 48.4 Å². The third-order valence-corrected chi connectivity index (χ3v) is 4.26. The average molecular weight is 275 g/mol. The molecule has 4 nitrogen and oxygen atoms in total. The minimum Gasteiger partial charge on any atom is -0.341 e. The van der Waals surface area contributed by atoms with Gasteiger partial charge in [-0.25, -0.2) is 0 Å². The number of carbonyl (C=O) groups is 1. The second-order valence-corrected chi connectivity index (χ2v) is 5.76. The summed E-state index contributed by atoms with van der Waals surface area (Å²) in [5, 5.41) is 0. The Kier molecular flexibility index (Phi) is 5.15. The fraction of sp³-hybridized carbons (Fsp3) is 0.562. The van der Waals surface area contributed by atoms with Crippen LogP contribution < -0.4 is 5.73 Å². The van der Waals surface area contributed by atoms with Crippen molar-refractivity contribution >= 4 is 5.91 Å². The fourth-order valence-corrected chi connectivity index (χ4v) is 3.11. The molecule has 2 rings (SSSR count). The summed E-state index contributed by atoms with van der Waals surface area (Å²) < 4.78 is 0. The van der Waals surface area contributed by atoms with Crippen LogP contribution in [0.3, 0.4) is 0 Å². The molecule has 4 heteroatoms. The zero-order chi connectivity index (χ0) is 14.5. The van der Waals surface area contributed by atoms with Crippen LogP contribution in [0.4, 0.5) is 0 Å². The van der Waals surface area contributed by atoms with E-state index in [1.165, 1.54) is 5.56 Å². The molecule has 0 aromatic heterocycles. The van der Waals surface area contributed by atoms with Crippen molar-refractivity contribution < 1.29 is 4.79 Å². The summed E-state index contributed by atoms with van der Waals surface area (Å²) in [5.74, 6) is 0.520. The van der Waals surface area contributed by atoms with Gasteiger partial charge in [-0.15, -0.1) is 0 Å². The number of benzene rings is 1. The van der Waals surface area contributed by atoms with Crippen LogP contribution >= 0.6 is 0 Å². The second-order valence-electron chi connectivity index (χ2n) is 5.76. The highest BCUT2D eigenvalue weighted by atomic mass is 16.2. The Morgan fingerprint density at radius 2 is 2.10 bits per heavy atom. The topological polar surface area (TPSA) is 49.6 Å². The quantitative estimate of drug-likeness (QED) is 0.901. The van der Waals surface area contributed by atoms with Crippen molar-refractivity contribution in [2.75, 3.05) is 26.7 Å². The standard InChI is InChI=1S/C16H25N3O/c1-13-11-19(12-14-6-4-3-5-7-14)9-8-15(13)18(2)16(20)10-17/h3-7,13,15H,8-12,17H2,1-2H3/t13-,15-/m1/s1. The molecule has 20 heavy (non-hydrogen) atoms. The molecule has 0 radical (unpaired) electrons. The van der Waals surface area contributed by atoms with Crippen molar-refractivity contribution in [3.8, 4) is 0 Å². The highest BCUT2D eigenvalue weighted by Gasteiger charge is 2.30. The largest absolute Gasteiger partial charge is 0.341 e. The first-order chi connectivity index (χ1) is 9.61. The monoisotopic (exact) mass is 275 g/mol. The Morgan fingerprint density at radius 1 is 1.40 bits per heavy atom. The van der Waals surface area contributed by atoms with Crippen LogP contribution in [0.1, 0.15) is 18.9 Å². The lowest BCUT2D eigenvalue weighted by Gasteiger charge is -2.41. The summed E-state index contributed by atoms with van der Waals surface area (Å²) in [5.41, 5.74) is 6.80. The SMILES string of the molecule is C[C@@H]1CN(Cc2ccccc2)CC[C@H]1N(C)C(=O)CN. The van der Waals surface area contributed by atoms with Crippen LogP contribution in [0.5, 0.6) is 0 Å². The van der Waals surface area contributed by atoms with Gasteiger partial charge in [0.15, 0.2) is 0 Å². The molecule has 1 saturated heterocycles. The lowest BCUT2D eigenvalue weighted by Crippen LogP contribution is -2.51. The molecule has 0 spiro atoms. The Balaban J connectivity index is 1.90. The van der Waals surface area contributed by atoms with Gasteiger partial charge in [-0.2, -0.15) is 0 Å². The van der Waals surface area contributed by atoms with Gasteiger partial charge < -0.3 is 10.6 Å². The van der Waals surface area contributed by atoms with Gasteiger partial charge in [0, 0.05) is 32.7 Å². The molecular formula is C16H25N3O. The van der Waals surface area contributed by atoms with Gasteiger partial charge in [-0.05, 0) is 17.9 Å². The van der Waals surface area contributed by atoms with Gasteiger partial charge in [0.1, 0.15) is 0 Å². The number of piperidine rings is 1. The summed E-state index contributed by atoms with van der Waals surface area (Å²) in [6, 6.07) is 10.9.